The number of hydrogen-bond donors (Lipinski definition) is 1. The van der Waals surface area contributed by atoms with Crippen LogP contribution in [0.3, 0.4) is 0 Å². The number of fused-ring (bicyclic) bond motifs is 1. The van der Waals surface area contributed by atoms with E-state index in [4.69, 9.17) is 5.73 Å². The summed E-state index contributed by atoms with van der Waals surface area (Å²) in [6.07, 6.45) is 0. The quantitative estimate of drug-likeness (QED) is 0.911. The third kappa shape index (κ3) is 2.54. The topological polar surface area (TPSA) is 46.3 Å². The van der Waals surface area contributed by atoms with Gasteiger partial charge in [0.1, 0.15) is 0 Å². The Bertz CT molecular complexity index is 434. The van der Waals surface area contributed by atoms with E-state index in [2.05, 4.69) is 19.9 Å². The summed E-state index contributed by atoms with van der Waals surface area (Å²) in [4.78, 5) is 15.7. The van der Waals surface area contributed by atoms with E-state index in [1.165, 1.54) is 4.90 Å². The maximum Gasteiger partial charge on any atom is 0.231 e. The highest BCUT2D eigenvalue weighted by Gasteiger charge is 2.29. The van der Waals surface area contributed by atoms with Crippen LogP contribution in [0, 0.1) is 11.8 Å². The van der Waals surface area contributed by atoms with E-state index < -0.39 is 0 Å². The fourth-order valence-corrected chi connectivity index (χ4v) is 3.25. The molecule has 1 heterocycles. The SMILES string of the molecule is CC(C)C(CN)C(=O)N1CCSc2ccccc21. The van der Waals surface area contributed by atoms with Crippen LogP contribution in [0.2, 0.25) is 0 Å². The second kappa shape index (κ2) is 5.76. The summed E-state index contributed by atoms with van der Waals surface area (Å²) < 4.78 is 0. The molecule has 1 atom stereocenters. The molecule has 1 unspecified atom stereocenters. The molecule has 4 heteroatoms. The second-order valence-corrected chi connectivity index (χ2v) is 6.03. The lowest BCUT2D eigenvalue weighted by atomic mass is 9.94. The molecule has 18 heavy (non-hydrogen) atoms. The normalized spacial score (nSPS) is 16.6. The van der Waals surface area contributed by atoms with Crippen molar-refractivity contribution in [1.82, 2.24) is 0 Å². The Morgan fingerprint density at radius 1 is 1.44 bits per heavy atom. The predicted octanol–water partition coefficient (Wildman–Crippen LogP) is 2.36. The molecule has 2 rings (SSSR count). The van der Waals surface area contributed by atoms with Gasteiger partial charge in [0.2, 0.25) is 5.91 Å². The minimum absolute atomic E-state index is 0.0823. The van der Waals surface area contributed by atoms with E-state index in [9.17, 15) is 4.79 Å². The molecule has 1 aromatic rings. The summed E-state index contributed by atoms with van der Waals surface area (Å²) >= 11 is 1.81. The zero-order chi connectivity index (χ0) is 13.1. The minimum atomic E-state index is -0.0823. The highest BCUT2D eigenvalue weighted by molar-refractivity contribution is 7.99. The Morgan fingerprint density at radius 2 is 2.17 bits per heavy atom. The molecular weight excluding hydrogens is 244 g/mol. The minimum Gasteiger partial charge on any atom is -0.330 e. The lowest BCUT2D eigenvalue weighted by molar-refractivity contribution is -0.123. The Labute approximate surface area is 113 Å². The van der Waals surface area contributed by atoms with E-state index >= 15 is 0 Å². The van der Waals surface area contributed by atoms with E-state index in [0.717, 1.165) is 18.0 Å². The molecule has 2 N–H and O–H groups in total. The van der Waals surface area contributed by atoms with Crippen molar-refractivity contribution in [1.29, 1.82) is 0 Å². The van der Waals surface area contributed by atoms with Crippen LogP contribution < -0.4 is 10.6 Å². The highest BCUT2D eigenvalue weighted by atomic mass is 32.2. The van der Waals surface area contributed by atoms with Gasteiger partial charge in [-0.25, -0.2) is 0 Å². The molecule has 0 radical (unpaired) electrons. The molecule has 0 saturated heterocycles. The van der Waals surface area contributed by atoms with E-state index in [0.29, 0.717) is 6.54 Å². The summed E-state index contributed by atoms with van der Waals surface area (Å²) in [6, 6.07) is 8.10. The van der Waals surface area contributed by atoms with E-state index in [1.54, 1.807) is 0 Å². The Kier molecular flexibility index (Phi) is 4.30. The first kappa shape index (κ1) is 13.4. The van der Waals surface area contributed by atoms with Crippen molar-refractivity contribution >= 4 is 23.4 Å². The first-order chi connectivity index (χ1) is 8.65. The Morgan fingerprint density at radius 3 is 2.83 bits per heavy atom. The lowest BCUT2D eigenvalue weighted by Gasteiger charge is -2.32. The molecule has 0 fully saturated rings. The molecule has 3 nitrogen and oxygen atoms in total. The zero-order valence-electron chi connectivity index (χ0n) is 10.9. The third-order valence-corrected chi connectivity index (χ3v) is 4.41. The monoisotopic (exact) mass is 264 g/mol. The molecule has 0 aromatic heterocycles. The molecule has 0 spiro atoms. The van der Waals surface area contributed by atoms with Gasteiger partial charge in [-0.15, -0.1) is 11.8 Å². The van der Waals surface area contributed by atoms with E-state index in [1.807, 2.05) is 34.9 Å². The summed E-state index contributed by atoms with van der Waals surface area (Å²) in [5.74, 6) is 1.32. The van der Waals surface area contributed by atoms with Crippen LogP contribution in [0.5, 0.6) is 0 Å². The fraction of sp³-hybridized carbons (Fsp3) is 0.500. The first-order valence-electron chi connectivity index (χ1n) is 6.38. The van der Waals surface area contributed by atoms with Gasteiger partial charge >= 0.3 is 0 Å². The van der Waals surface area contributed by atoms with Crippen LogP contribution in [0.25, 0.3) is 0 Å². The average Bonchev–Trinajstić information content (AvgIpc) is 2.38. The van der Waals surface area contributed by atoms with Crippen molar-refractivity contribution in [2.45, 2.75) is 18.7 Å². The van der Waals surface area contributed by atoms with Crippen LogP contribution in [0.4, 0.5) is 5.69 Å². The molecule has 0 bridgehead atoms. The number of nitrogens with zero attached hydrogens (tertiary/aromatic N) is 1. The maximum absolute atomic E-state index is 12.6. The van der Waals surface area contributed by atoms with Crippen molar-refractivity contribution in [2.75, 3.05) is 23.7 Å². The number of rotatable bonds is 3. The zero-order valence-corrected chi connectivity index (χ0v) is 11.7. The van der Waals surface area contributed by atoms with Gasteiger partial charge in [-0.05, 0) is 18.1 Å². The van der Waals surface area contributed by atoms with Gasteiger partial charge < -0.3 is 10.6 Å². The summed E-state index contributed by atoms with van der Waals surface area (Å²) in [7, 11) is 0. The van der Waals surface area contributed by atoms with Crippen molar-refractivity contribution in [3.63, 3.8) is 0 Å². The standard InChI is InChI=1S/C14H20N2OS/c1-10(2)11(9-15)14(17)16-7-8-18-13-6-4-3-5-12(13)16/h3-6,10-11H,7-9,15H2,1-2H3. The second-order valence-electron chi connectivity index (χ2n) is 4.89. The molecule has 1 amide bonds. The summed E-state index contributed by atoms with van der Waals surface area (Å²) in [5.41, 5.74) is 6.79. The Hall–Kier alpha value is -1.00. The molecule has 0 saturated carbocycles. The number of para-hydroxylation sites is 1. The number of nitrogens with two attached hydrogens (primary N) is 1. The van der Waals surface area contributed by atoms with E-state index in [-0.39, 0.29) is 17.7 Å². The van der Waals surface area contributed by atoms with Gasteiger partial charge in [-0.2, -0.15) is 0 Å². The van der Waals surface area contributed by atoms with Crippen LogP contribution in [-0.4, -0.2) is 24.7 Å². The van der Waals surface area contributed by atoms with Crippen molar-refractivity contribution < 1.29 is 4.79 Å². The molecule has 1 aromatic carbocycles. The van der Waals surface area contributed by atoms with Crippen molar-refractivity contribution in [3.8, 4) is 0 Å². The summed E-state index contributed by atoms with van der Waals surface area (Å²) in [6.45, 7) is 5.31. The fourth-order valence-electron chi connectivity index (χ4n) is 2.26. The Balaban J connectivity index is 2.27. The first-order valence-corrected chi connectivity index (χ1v) is 7.37. The van der Waals surface area contributed by atoms with Gasteiger partial charge in [0.15, 0.2) is 0 Å². The smallest absolute Gasteiger partial charge is 0.231 e. The van der Waals surface area contributed by atoms with Gasteiger partial charge in [0.05, 0.1) is 11.6 Å². The molecule has 98 valence electrons. The van der Waals surface area contributed by atoms with Gasteiger partial charge in [-0.3, -0.25) is 4.79 Å². The van der Waals surface area contributed by atoms with Crippen LogP contribution >= 0.6 is 11.8 Å². The number of benzene rings is 1. The molecule has 0 aliphatic carbocycles. The number of anilines is 1. The highest BCUT2D eigenvalue weighted by Crippen LogP contribution is 2.35. The predicted molar refractivity (Wildman–Crippen MR) is 76.9 cm³/mol. The van der Waals surface area contributed by atoms with Gasteiger partial charge in [0, 0.05) is 23.7 Å². The largest absolute Gasteiger partial charge is 0.330 e. The maximum atomic E-state index is 12.6. The van der Waals surface area contributed by atoms with Gasteiger partial charge in [0.25, 0.3) is 0 Å². The number of amides is 1. The van der Waals surface area contributed by atoms with Gasteiger partial charge in [-0.1, -0.05) is 26.0 Å². The van der Waals surface area contributed by atoms with Crippen molar-refractivity contribution in [2.24, 2.45) is 17.6 Å². The number of hydrogen-bond acceptors (Lipinski definition) is 3. The van der Waals surface area contributed by atoms with Crippen LogP contribution in [-0.2, 0) is 4.79 Å². The van der Waals surface area contributed by atoms with Crippen LogP contribution in [0.15, 0.2) is 29.2 Å². The number of carbonyl (C=O) groups is 1. The molecular formula is C14H20N2OS. The van der Waals surface area contributed by atoms with Crippen molar-refractivity contribution in [3.05, 3.63) is 24.3 Å². The number of thioether (sulfide) groups is 1. The molecule has 1 aliphatic heterocycles. The lowest BCUT2D eigenvalue weighted by Crippen LogP contribution is -2.43. The van der Waals surface area contributed by atoms with Crippen LogP contribution in [0.1, 0.15) is 13.8 Å². The summed E-state index contributed by atoms with van der Waals surface area (Å²) in [5, 5.41) is 0. The molecule has 1 aliphatic rings. The third-order valence-electron chi connectivity index (χ3n) is 3.37. The number of carbonyl (C=O) groups excluding carboxylic acids is 1. The average molecular weight is 264 g/mol.